The molecule has 1 saturated heterocycles. The number of hydrogen-bond donors (Lipinski definition) is 3. The van der Waals surface area contributed by atoms with Crippen molar-refractivity contribution in [2.45, 2.75) is 18.5 Å². The molecule has 3 N–H and O–H groups in total. The molecule has 7 aromatic carbocycles. The van der Waals surface area contributed by atoms with Crippen LogP contribution in [0.15, 0.2) is 170 Å². The van der Waals surface area contributed by atoms with Crippen molar-refractivity contribution < 1.29 is 0 Å². The standard InChI is InChI=1S/C46H34N6/c47-29-32-27-37(46-49-44(30-15-3-1-4-16-30)48-45(50-46)31-17-5-2-6-18-31)43(52-40-25-13-9-21-35(40)36-22-10-14-26-41(36)52)28-42(32)51-38-23-11-7-19-33(38)34-20-8-12-24-39(34)51/h1-28,44-46,48-50H. The summed E-state index contributed by atoms with van der Waals surface area (Å²) in [5.74, 6) is 0. The molecule has 1 aliphatic heterocycles. The Hall–Kier alpha value is -6.49. The van der Waals surface area contributed by atoms with Crippen molar-refractivity contribution in [3.05, 3.63) is 192 Å². The Kier molecular flexibility index (Phi) is 7.22. The number of nitrogens with one attached hydrogen (secondary N) is 3. The van der Waals surface area contributed by atoms with Gasteiger partial charge < -0.3 is 9.13 Å². The number of nitriles is 1. The van der Waals surface area contributed by atoms with Gasteiger partial charge in [-0.1, -0.05) is 133 Å². The Morgan fingerprint density at radius 3 is 1.19 bits per heavy atom. The summed E-state index contributed by atoms with van der Waals surface area (Å²) < 4.78 is 4.63. The lowest BCUT2D eigenvalue weighted by atomic mass is 10.00. The van der Waals surface area contributed by atoms with Crippen molar-refractivity contribution >= 4 is 43.6 Å². The maximum Gasteiger partial charge on any atom is 0.101 e. The van der Waals surface area contributed by atoms with Gasteiger partial charge in [-0.25, -0.2) is 0 Å². The van der Waals surface area contributed by atoms with E-state index in [1.54, 1.807) is 0 Å². The van der Waals surface area contributed by atoms with Crippen molar-refractivity contribution in [1.29, 1.82) is 5.26 Å². The first-order valence-corrected chi connectivity index (χ1v) is 17.7. The van der Waals surface area contributed by atoms with Crippen LogP contribution in [0.4, 0.5) is 0 Å². The van der Waals surface area contributed by atoms with Crippen LogP contribution in [0.1, 0.15) is 40.8 Å². The predicted octanol–water partition coefficient (Wildman–Crippen LogP) is 9.93. The monoisotopic (exact) mass is 670 g/mol. The largest absolute Gasteiger partial charge is 0.309 e. The highest BCUT2D eigenvalue weighted by molar-refractivity contribution is 6.10. The zero-order valence-electron chi connectivity index (χ0n) is 28.2. The molecule has 1 fully saturated rings. The van der Waals surface area contributed by atoms with Gasteiger partial charge in [0.2, 0.25) is 0 Å². The number of aromatic nitrogens is 2. The average Bonchev–Trinajstić information content (AvgIpc) is 3.74. The van der Waals surface area contributed by atoms with Crippen molar-refractivity contribution in [2.24, 2.45) is 0 Å². The van der Waals surface area contributed by atoms with Crippen LogP contribution >= 0.6 is 0 Å². The first-order chi connectivity index (χ1) is 25.8. The molecule has 0 saturated carbocycles. The number of para-hydroxylation sites is 4. The van der Waals surface area contributed by atoms with Crippen LogP contribution < -0.4 is 16.0 Å². The first-order valence-electron chi connectivity index (χ1n) is 17.7. The molecule has 2 atom stereocenters. The highest BCUT2D eigenvalue weighted by Crippen LogP contribution is 2.40. The maximum absolute atomic E-state index is 11.0. The summed E-state index contributed by atoms with van der Waals surface area (Å²) in [6.45, 7) is 0. The molecular formula is C46H34N6. The van der Waals surface area contributed by atoms with Crippen LogP contribution in [0.2, 0.25) is 0 Å². The summed E-state index contributed by atoms with van der Waals surface area (Å²) in [5, 5.41) is 27.3. The van der Waals surface area contributed by atoms with Gasteiger partial charge in [0.1, 0.15) is 6.07 Å². The van der Waals surface area contributed by atoms with Gasteiger partial charge in [-0.3, -0.25) is 16.0 Å². The van der Waals surface area contributed by atoms with Crippen molar-refractivity contribution in [1.82, 2.24) is 25.1 Å². The quantitative estimate of drug-likeness (QED) is 0.171. The van der Waals surface area contributed by atoms with Crippen molar-refractivity contribution in [2.75, 3.05) is 0 Å². The number of fused-ring (bicyclic) bond motifs is 6. The number of benzene rings is 7. The minimum atomic E-state index is -0.328. The van der Waals surface area contributed by atoms with Crippen molar-refractivity contribution in [3.63, 3.8) is 0 Å². The highest BCUT2D eigenvalue weighted by Gasteiger charge is 2.32. The summed E-state index contributed by atoms with van der Waals surface area (Å²) in [4.78, 5) is 0. The third-order valence-corrected chi connectivity index (χ3v) is 10.5. The summed E-state index contributed by atoms with van der Waals surface area (Å²) in [7, 11) is 0. The Bertz CT molecular complexity index is 2660. The van der Waals surface area contributed by atoms with Gasteiger partial charge in [-0.15, -0.1) is 0 Å². The van der Waals surface area contributed by atoms with E-state index < -0.39 is 0 Å². The van der Waals surface area contributed by atoms with E-state index in [4.69, 9.17) is 0 Å². The van der Waals surface area contributed by atoms with Crippen LogP contribution in [0, 0.1) is 11.3 Å². The minimum Gasteiger partial charge on any atom is -0.309 e. The number of rotatable bonds is 5. The SMILES string of the molecule is N#Cc1cc(C2NC(c3ccccc3)NC(c3ccccc3)N2)c(-n2c3ccccc3c3ccccc32)cc1-n1c2ccccc2c2ccccc21. The summed E-state index contributed by atoms with van der Waals surface area (Å²) in [6, 6.07) is 62.1. The lowest BCUT2D eigenvalue weighted by Gasteiger charge is -2.40. The van der Waals surface area contributed by atoms with E-state index in [2.05, 4.69) is 189 Å². The molecule has 3 heterocycles. The molecule has 0 aliphatic carbocycles. The van der Waals surface area contributed by atoms with Gasteiger partial charge in [0, 0.05) is 27.1 Å². The maximum atomic E-state index is 11.0. The Morgan fingerprint density at radius 1 is 0.404 bits per heavy atom. The van der Waals surface area contributed by atoms with E-state index in [0.717, 1.165) is 60.9 Å². The topological polar surface area (TPSA) is 69.7 Å². The van der Waals surface area contributed by atoms with Gasteiger partial charge in [0.15, 0.2) is 0 Å². The third kappa shape index (κ3) is 4.84. The van der Waals surface area contributed by atoms with Gasteiger partial charge >= 0.3 is 0 Å². The van der Waals surface area contributed by atoms with E-state index in [9.17, 15) is 5.26 Å². The fourth-order valence-electron chi connectivity index (χ4n) is 8.16. The molecule has 2 unspecified atom stereocenters. The summed E-state index contributed by atoms with van der Waals surface area (Å²) >= 11 is 0. The van der Waals surface area contributed by atoms with Crippen LogP contribution in [-0.2, 0) is 0 Å². The second-order valence-electron chi connectivity index (χ2n) is 13.4. The predicted molar refractivity (Wildman–Crippen MR) is 210 cm³/mol. The van der Waals surface area contributed by atoms with Crippen LogP contribution in [0.25, 0.3) is 55.0 Å². The molecule has 248 valence electrons. The summed E-state index contributed by atoms with van der Waals surface area (Å²) in [6.07, 6.45) is -0.650. The van der Waals surface area contributed by atoms with Gasteiger partial charge in [0.25, 0.3) is 0 Å². The van der Waals surface area contributed by atoms with E-state index in [0.29, 0.717) is 5.56 Å². The van der Waals surface area contributed by atoms with Crippen molar-refractivity contribution in [3.8, 4) is 17.4 Å². The van der Waals surface area contributed by atoms with Gasteiger partial charge in [-0.05, 0) is 47.5 Å². The first kappa shape index (κ1) is 30.3. The van der Waals surface area contributed by atoms with E-state index in [1.165, 1.54) is 10.8 Å². The minimum absolute atomic E-state index is 0.161. The van der Waals surface area contributed by atoms with Gasteiger partial charge in [0.05, 0.1) is 57.5 Å². The van der Waals surface area contributed by atoms with Gasteiger partial charge in [-0.2, -0.15) is 5.26 Å². The highest BCUT2D eigenvalue weighted by atomic mass is 15.4. The van der Waals surface area contributed by atoms with Crippen LogP contribution in [0.3, 0.4) is 0 Å². The molecule has 6 heteroatoms. The Labute approximate surface area is 301 Å². The Balaban J connectivity index is 1.27. The fourth-order valence-corrected chi connectivity index (χ4v) is 8.16. The van der Waals surface area contributed by atoms with E-state index >= 15 is 0 Å². The van der Waals surface area contributed by atoms with Crippen LogP contribution in [-0.4, -0.2) is 9.13 Å². The zero-order valence-corrected chi connectivity index (χ0v) is 28.2. The molecule has 9 aromatic rings. The molecule has 0 amide bonds. The molecule has 52 heavy (non-hydrogen) atoms. The Morgan fingerprint density at radius 2 is 0.769 bits per heavy atom. The second-order valence-corrected chi connectivity index (χ2v) is 13.4. The molecule has 0 bridgehead atoms. The summed E-state index contributed by atoms with van der Waals surface area (Å²) in [5.41, 5.74) is 10.0. The third-order valence-electron chi connectivity index (χ3n) is 10.5. The molecule has 1 aliphatic rings. The molecule has 2 aromatic heterocycles. The number of hydrogen-bond acceptors (Lipinski definition) is 4. The molecular weight excluding hydrogens is 637 g/mol. The van der Waals surface area contributed by atoms with E-state index in [1.807, 2.05) is 12.1 Å². The molecule has 0 spiro atoms. The smallest absolute Gasteiger partial charge is 0.101 e. The normalized spacial score (nSPS) is 17.6. The molecule has 6 nitrogen and oxygen atoms in total. The molecule has 10 rings (SSSR count). The van der Waals surface area contributed by atoms with Crippen LogP contribution in [0.5, 0.6) is 0 Å². The molecule has 0 radical (unpaired) electrons. The average molecular weight is 671 g/mol. The van der Waals surface area contributed by atoms with E-state index in [-0.39, 0.29) is 18.5 Å². The lowest BCUT2D eigenvalue weighted by molar-refractivity contribution is 0.203. The zero-order chi connectivity index (χ0) is 34.6. The fraction of sp³-hybridized carbons (Fsp3) is 0.0652. The second kappa shape index (κ2) is 12.4. The number of nitrogens with zero attached hydrogens (tertiary/aromatic N) is 3. The lowest BCUT2D eigenvalue weighted by Crippen LogP contribution is -2.54.